The molecule has 272 valence electrons. The Labute approximate surface area is 289 Å². The molecule has 11 nitrogen and oxygen atoms in total. The van der Waals surface area contributed by atoms with Gasteiger partial charge in [0.1, 0.15) is 5.75 Å². The zero-order valence-corrected chi connectivity index (χ0v) is 29.7. The number of ether oxygens (including phenoxy) is 5. The monoisotopic (exact) mass is 674 g/mol. The van der Waals surface area contributed by atoms with E-state index in [0.717, 1.165) is 37.0 Å². The van der Waals surface area contributed by atoms with Gasteiger partial charge in [-0.05, 0) is 61.8 Å². The molecule has 0 aliphatic heterocycles. The lowest BCUT2D eigenvalue weighted by atomic mass is 10.1. The highest BCUT2D eigenvalue weighted by Gasteiger charge is 2.10. The minimum atomic E-state index is -0.429. The van der Waals surface area contributed by atoms with E-state index in [2.05, 4.69) is 34.4 Å². The number of hydrogen-bond acceptors (Lipinski definition) is 8. The Bertz CT molecular complexity index is 1000. The summed E-state index contributed by atoms with van der Waals surface area (Å²) in [5.74, 6) is 0.460. The fourth-order valence-electron chi connectivity index (χ4n) is 4.90. The van der Waals surface area contributed by atoms with Crippen LogP contribution in [0.25, 0.3) is 10.4 Å². The van der Waals surface area contributed by atoms with E-state index in [-0.39, 0.29) is 25.1 Å². The molecule has 0 saturated heterocycles. The first-order valence-electron chi connectivity index (χ1n) is 18.1. The number of azide groups is 1. The summed E-state index contributed by atoms with van der Waals surface area (Å²) in [4.78, 5) is 26.8. The second-order valence-corrected chi connectivity index (χ2v) is 11.8. The number of amides is 1. The Morgan fingerprint density at radius 2 is 1.38 bits per heavy atom. The maximum atomic E-state index is 12.0. The Kier molecular flexibility index (Phi) is 29.0. The number of hydrogen-bond donors (Lipinski definition) is 1. The van der Waals surface area contributed by atoms with E-state index in [1.165, 1.54) is 57.8 Å². The molecule has 0 radical (unpaired) electrons. The van der Waals surface area contributed by atoms with Crippen LogP contribution in [-0.4, -0.2) is 71.8 Å². The van der Waals surface area contributed by atoms with Gasteiger partial charge in [0.05, 0.1) is 59.4 Å². The molecule has 1 rings (SSSR count). The summed E-state index contributed by atoms with van der Waals surface area (Å²) >= 11 is 0. The number of unbranched alkanes of at least 4 members (excludes halogenated alkanes) is 11. The van der Waals surface area contributed by atoms with E-state index >= 15 is 0 Å². The van der Waals surface area contributed by atoms with Crippen LogP contribution in [0.2, 0.25) is 0 Å². The van der Waals surface area contributed by atoms with E-state index in [1.807, 2.05) is 24.3 Å². The topological polar surface area (TPSA) is 141 Å². The van der Waals surface area contributed by atoms with Gasteiger partial charge in [-0.15, -0.1) is 0 Å². The number of carbonyl (C=O) groups excluding carboxylic acids is 2. The smallest absolute Gasteiger partial charge is 0.305 e. The van der Waals surface area contributed by atoms with Crippen molar-refractivity contribution in [2.45, 2.75) is 116 Å². The average molecular weight is 675 g/mol. The minimum absolute atomic E-state index is 0.0889. The van der Waals surface area contributed by atoms with Crippen LogP contribution in [0.3, 0.4) is 0 Å². The van der Waals surface area contributed by atoms with Crippen molar-refractivity contribution in [2.75, 3.05) is 59.9 Å². The molecule has 0 bridgehead atoms. The van der Waals surface area contributed by atoms with Gasteiger partial charge in [0.25, 0.3) is 0 Å². The SMILES string of the molecule is CCCCCCCC/C=C\CCCCCCCC(=O)OCCCC(=O)NCCOCCOCCOCC(N=[N+]=[N-])c1ccc(OC)cc1. The first-order valence-corrected chi connectivity index (χ1v) is 18.1. The third-order valence-corrected chi connectivity index (χ3v) is 7.73. The van der Waals surface area contributed by atoms with Crippen molar-refractivity contribution in [3.8, 4) is 5.75 Å². The molecule has 1 aromatic rings. The van der Waals surface area contributed by atoms with Gasteiger partial charge in [0.2, 0.25) is 5.91 Å². The summed E-state index contributed by atoms with van der Waals surface area (Å²) in [7, 11) is 1.59. The van der Waals surface area contributed by atoms with Gasteiger partial charge in [-0.3, -0.25) is 9.59 Å². The highest BCUT2D eigenvalue weighted by Crippen LogP contribution is 2.21. The third-order valence-electron chi connectivity index (χ3n) is 7.73. The summed E-state index contributed by atoms with van der Waals surface area (Å²) < 4.78 is 27.0. The molecular formula is C37H62N4O7. The maximum absolute atomic E-state index is 12.0. The number of nitrogens with one attached hydrogen (secondary N) is 1. The van der Waals surface area contributed by atoms with Gasteiger partial charge in [0, 0.05) is 24.3 Å². The number of nitrogens with zero attached hydrogens (tertiary/aromatic N) is 3. The van der Waals surface area contributed by atoms with Crippen LogP contribution in [0, 0.1) is 0 Å². The van der Waals surface area contributed by atoms with Crippen molar-refractivity contribution in [1.29, 1.82) is 0 Å². The lowest BCUT2D eigenvalue weighted by molar-refractivity contribution is -0.144. The summed E-state index contributed by atoms with van der Waals surface area (Å²) in [6.07, 6.45) is 21.9. The molecule has 0 fully saturated rings. The first kappa shape index (κ1) is 42.9. The van der Waals surface area contributed by atoms with Gasteiger partial charge in [-0.2, -0.15) is 0 Å². The number of carbonyl (C=O) groups is 2. The maximum Gasteiger partial charge on any atom is 0.305 e. The van der Waals surface area contributed by atoms with Gasteiger partial charge in [0.15, 0.2) is 0 Å². The molecule has 1 aromatic carbocycles. The van der Waals surface area contributed by atoms with Crippen molar-refractivity contribution < 1.29 is 33.3 Å². The number of benzene rings is 1. The predicted molar refractivity (Wildman–Crippen MR) is 190 cm³/mol. The molecule has 0 spiro atoms. The molecule has 0 aliphatic carbocycles. The lowest BCUT2D eigenvalue weighted by Crippen LogP contribution is -2.27. The zero-order valence-electron chi connectivity index (χ0n) is 29.7. The van der Waals surface area contributed by atoms with Crippen molar-refractivity contribution in [2.24, 2.45) is 5.11 Å². The van der Waals surface area contributed by atoms with Crippen LogP contribution in [0.5, 0.6) is 5.75 Å². The van der Waals surface area contributed by atoms with E-state index in [4.69, 9.17) is 29.2 Å². The zero-order chi connectivity index (χ0) is 34.8. The molecule has 1 amide bonds. The second kappa shape index (κ2) is 32.4. The Hall–Kier alpha value is -3.11. The highest BCUT2D eigenvalue weighted by molar-refractivity contribution is 5.75. The Morgan fingerprint density at radius 3 is 2.02 bits per heavy atom. The second-order valence-electron chi connectivity index (χ2n) is 11.8. The lowest BCUT2D eigenvalue weighted by Gasteiger charge is -2.13. The summed E-state index contributed by atoms with van der Waals surface area (Å²) in [5, 5.41) is 6.60. The van der Waals surface area contributed by atoms with Gasteiger partial charge < -0.3 is 29.0 Å². The molecule has 48 heavy (non-hydrogen) atoms. The minimum Gasteiger partial charge on any atom is -0.497 e. The average Bonchev–Trinajstić information content (AvgIpc) is 3.10. The molecule has 0 aliphatic rings. The molecule has 0 heterocycles. The van der Waals surface area contributed by atoms with E-state index < -0.39 is 6.04 Å². The first-order chi connectivity index (χ1) is 23.6. The van der Waals surface area contributed by atoms with Crippen LogP contribution < -0.4 is 10.1 Å². The normalized spacial score (nSPS) is 11.7. The van der Waals surface area contributed by atoms with E-state index in [9.17, 15) is 9.59 Å². The van der Waals surface area contributed by atoms with Crippen LogP contribution >= 0.6 is 0 Å². The fourth-order valence-corrected chi connectivity index (χ4v) is 4.90. The molecule has 11 heteroatoms. The van der Waals surface area contributed by atoms with Crippen molar-refractivity contribution in [3.05, 3.63) is 52.4 Å². The van der Waals surface area contributed by atoms with Gasteiger partial charge >= 0.3 is 5.97 Å². The fraction of sp³-hybridized carbons (Fsp3) is 0.730. The third kappa shape index (κ3) is 25.9. The van der Waals surface area contributed by atoms with Crippen molar-refractivity contribution >= 4 is 11.9 Å². The van der Waals surface area contributed by atoms with Crippen LogP contribution in [0.4, 0.5) is 0 Å². The van der Waals surface area contributed by atoms with Gasteiger partial charge in [-0.1, -0.05) is 87.7 Å². The predicted octanol–water partition coefficient (Wildman–Crippen LogP) is 8.57. The van der Waals surface area contributed by atoms with Crippen LogP contribution in [0.15, 0.2) is 41.5 Å². The van der Waals surface area contributed by atoms with Crippen LogP contribution in [-0.2, 0) is 28.5 Å². The largest absolute Gasteiger partial charge is 0.497 e. The number of methoxy groups -OCH3 is 1. The van der Waals surface area contributed by atoms with Crippen LogP contribution in [0.1, 0.15) is 121 Å². The molecule has 0 saturated carbocycles. The van der Waals surface area contributed by atoms with Crippen molar-refractivity contribution in [1.82, 2.24) is 5.32 Å². The quantitative estimate of drug-likeness (QED) is 0.0197. The summed E-state index contributed by atoms with van der Waals surface area (Å²) in [6.45, 7) is 5.10. The standard InChI is InChI=1S/C37H62N4O7/c1-3-4-5-6-7-8-9-10-11-12-13-14-15-16-17-20-37(43)48-26-18-19-36(42)39-25-27-45-28-29-46-30-31-47-32-35(40-41-38)33-21-23-34(44-2)24-22-33/h10-11,21-24,35H,3-9,12-20,25-32H2,1-2H3,(H,39,42)/b11-10-. The summed E-state index contributed by atoms with van der Waals surface area (Å²) in [5.41, 5.74) is 9.68. The van der Waals surface area contributed by atoms with E-state index in [1.54, 1.807) is 7.11 Å². The molecule has 1 atom stereocenters. The Morgan fingerprint density at radius 1 is 0.771 bits per heavy atom. The molecular weight excluding hydrogens is 612 g/mol. The molecule has 0 aromatic heterocycles. The molecule has 1 unspecified atom stereocenters. The van der Waals surface area contributed by atoms with Crippen molar-refractivity contribution in [3.63, 3.8) is 0 Å². The highest BCUT2D eigenvalue weighted by atomic mass is 16.5. The number of allylic oxidation sites excluding steroid dienone is 2. The summed E-state index contributed by atoms with van der Waals surface area (Å²) in [6, 6.07) is 6.88. The Balaban J connectivity index is 1.86. The number of esters is 1. The van der Waals surface area contributed by atoms with E-state index in [0.29, 0.717) is 58.8 Å². The molecule has 1 N–H and O–H groups in total. The van der Waals surface area contributed by atoms with Gasteiger partial charge in [-0.25, -0.2) is 0 Å². The number of rotatable bonds is 33.